The molecule has 0 aliphatic carbocycles. The zero-order chi connectivity index (χ0) is 23.0. The number of rotatable bonds is 4. The minimum absolute atomic E-state index is 0.119. The van der Waals surface area contributed by atoms with Crippen LogP contribution in [0.25, 0.3) is 0 Å². The van der Waals surface area contributed by atoms with Gasteiger partial charge in [-0.15, -0.1) is 0 Å². The molecule has 1 saturated heterocycles. The van der Waals surface area contributed by atoms with E-state index < -0.39 is 64.7 Å². The van der Waals surface area contributed by atoms with E-state index in [1.54, 1.807) is 6.92 Å². The third kappa shape index (κ3) is 3.56. The van der Waals surface area contributed by atoms with Crippen molar-refractivity contribution in [2.45, 2.75) is 25.5 Å². The Kier molecular flexibility index (Phi) is 3.44. The van der Waals surface area contributed by atoms with Crippen LogP contribution in [0.2, 0.25) is 0 Å². The van der Waals surface area contributed by atoms with E-state index in [9.17, 15) is 19.7 Å². The van der Waals surface area contributed by atoms with Crippen molar-refractivity contribution in [3.8, 4) is 0 Å². The fraction of sp³-hybridized carbons (Fsp3) is 0.263. The molecule has 2 atom stereocenters. The number of hydrogen-bond acceptors (Lipinski definition) is 5. The van der Waals surface area contributed by atoms with Gasteiger partial charge in [0.05, 0.1) is 23.4 Å². The molecule has 1 heterocycles. The van der Waals surface area contributed by atoms with E-state index in [-0.39, 0.29) is 17.8 Å². The number of carbonyl (C=O) groups is 2. The predicted molar refractivity (Wildman–Crippen MR) is 93.9 cm³/mol. The number of nitro groups is 1. The Morgan fingerprint density at radius 1 is 1.19 bits per heavy atom. The van der Waals surface area contributed by atoms with Crippen LogP contribution >= 0.6 is 0 Å². The lowest BCUT2D eigenvalue weighted by atomic mass is 10.1. The molecule has 1 fully saturated rings. The lowest BCUT2D eigenvalue weighted by Gasteiger charge is -2.24. The average molecular weight is 359 g/mol. The number of carbonyl (C=O) groups excluding carboxylic acids is 2. The van der Waals surface area contributed by atoms with Crippen LogP contribution in [-0.4, -0.2) is 40.4 Å². The van der Waals surface area contributed by atoms with Crippen LogP contribution in [0.15, 0.2) is 54.5 Å². The summed E-state index contributed by atoms with van der Waals surface area (Å²) in [5.41, 5.74) is -0.477. The fourth-order valence-corrected chi connectivity index (χ4v) is 2.78. The van der Waals surface area contributed by atoms with E-state index >= 15 is 0 Å². The van der Waals surface area contributed by atoms with Crippen LogP contribution < -0.4 is 0 Å². The highest BCUT2D eigenvalue weighted by molar-refractivity contribution is 5.94. The second-order valence-corrected chi connectivity index (χ2v) is 5.78. The van der Waals surface area contributed by atoms with Crippen molar-refractivity contribution >= 4 is 17.6 Å². The molecular formula is C19H18N2O5. The van der Waals surface area contributed by atoms with Gasteiger partial charge in [0.15, 0.2) is 0 Å². The first-order chi connectivity index (χ1) is 14.5. The van der Waals surface area contributed by atoms with Gasteiger partial charge in [-0.05, 0) is 31.1 Å². The molecule has 0 bridgehead atoms. The molecule has 2 aromatic rings. The molecule has 0 saturated carbocycles. The standard InChI is InChI=1S/C19H18N2O5/c1-13-17(11-12-20(13)18(22)14-5-3-2-4-6-14)26-19(23)15-7-9-16(10-8-15)21(24)25/h2-10,13,17H,11-12H2,1H3/t13-,17+/m1/s1/i2D,3D,4D,5D,6D. The summed E-state index contributed by atoms with van der Waals surface area (Å²) in [5, 5.41) is 10.7. The Labute approximate surface area is 157 Å². The van der Waals surface area contributed by atoms with Crippen molar-refractivity contribution in [2.75, 3.05) is 6.54 Å². The number of ether oxygens (including phenoxy) is 1. The molecule has 0 N–H and O–H groups in total. The summed E-state index contributed by atoms with van der Waals surface area (Å²) in [6.45, 7) is 1.80. The molecule has 0 spiro atoms. The van der Waals surface area contributed by atoms with Crippen molar-refractivity contribution in [1.82, 2.24) is 4.90 Å². The first-order valence-electron chi connectivity index (χ1n) is 10.4. The van der Waals surface area contributed by atoms with Crippen molar-refractivity contribution in [3.05, 3.63) is 75.7 Å². The highest BCUT2D eigenvalue weighted by Gasteiger charge is 2.36. The summed E-state index contributed by atoms with van der Waals surface area (Å²) < 4.78 is 44.5. The molecule has 134 valence electrons. The van der Waals surface area contributed by atoms with Crippen LogP contribution in [0.1, 0.15) is 40.9 Å². The first-order valence-corrected chi connectivity index (χ1v) is 7.88. The summed E-state index contributed by atoms with van der Waals surface area (Å²) in [6, 6.07) is 1.35. The third-order valence-corrected chi connectivity index (χ3v) is 4.23. The second kappa shape index (κ2) is 7.35. The quantitative estimate of drug-likeness (QED) is 0.475. The van der Waals surface area contributed by atoms with Crippen molar-refractivity contribution in [2.24, 2.45) is 0 Å². The Morgan fingerprint density at radius 3 is 2.46 bits per heavy atom. The Morgan fingerprint density at radius 2 is 1.85 bits per heavy atom. The van der Waals surface area contributed by atoms with E-state index in [1.807, 2.05) is 0 Å². The zero-order valence-corrected chi connectivity index (χ0v) is 13.8. The van der Waals surface area contributed by atoms with Crippen molar-refractivity contribution in [1.29, 1.82) is 0 Å². The fourth-order valence-electron chi connectivity index (χ4n) is 2.78. The van der Waals surface area contributed by atoms with Crippen molar-refractivity contribution < 1.29 is 26.1 Å². The molecule has 2 aromatic carbocycles. The molecule has 1 aliphatic rings. The number of esters is 1. The van der Waals surface area contributed by atoms with Gasteiger partial charge in [0.2, 0.25) is 0 Å². The van der Waals surface area contributed by atoms with E-state index in [1.165, 1.54) is 29.2 Å². The SMILES string of the molecule is [2H]c1c([2H])c([2H])c(C(=O)N2CC[C@H](OC(=O)c3ccc([N+](=O)[O-])cc3)[C@H]2C)c([2H])c1[2H]. The number of hydrogen-bond donors (Lipinski definition) is 0. The van der Waals surface area contributed by atoms with Crippen molar-refractivity contribution in [3.63, 3.8) is 0 Å². The molecule has 1 amide bonds. The van der Waals surface area contributed by atoms with Crippen LogP contribution in [0.3, 0.4) is 0 Å². The Hall–Kier alpha value is -3.22. The largest absolute Gasteiger partial charge is 0.457 e. The maximum atomic E-state index is 13.0. The molecule has 7 heteroatoms. The van der Waals surface area contributed by atoms with Crippen LogP contribution in [0, 0.1) is 10.1 Å². The highest BCUT2D eigenvalue weighted by Crippen LogP contribution is 2.24. The zero-order valence-electron chi connectivity index (χ0n) is 18.8. The van der Waals surface area contributed by atoms with Crippen LogP contribution in [0.5, 0.6) is 0 Å². The summed E-state index contributed by atoms with van der Waals surface area (Å²) in [7, 11) is 0. The van der Waals surface area contributed by atoms with Gasteiger partial charge in [0.1, 0.15) is 6.10 Å². The number of amides is 1. The predicted octanol–water partition coefficient (Wildman–Crippen LogP) is 3.05. The second-order valence-electron chi connectivity index (χ2n) is 5.78. The maximum absolute atomic E-state index is 13.0. The Balaban J connectivity index is 1.77. The number of likely N-dealkylation sites (tertiary alicyclic amines) is 1. The maximum Gasteiger partial charge on any atom is 0.338 e. The molecule has 0 radical (unpaired) electrons. The lowest BCUT2D eigenvalue weighted by Crippen LogP contribution is -2.38. The van der Waals surface area contributed by atoms with E-state index in [0.717, 1.165) is 0 Å². The van der Waals surface area contributed by atoms with Gasteiger partial charge in [-0.1, -0.05) is 18.1 Å². The molecule has 26 heavy (non-hydrogen) atoms. The first kappa shape index (κ1) is 12.2. The average Bonchev–Trinajstić information content (AvgIpc) is 3.11. The number of benzene rings is 2. The summed E-state index contributed by atoms with van der Waals surface area (Å²) >= 11 is 0. The van der Waals surface area contributed by atoms with Crippen LogP contribution in [-0.2, 0) is 4.74 Å². The smallest absolute Gasteiger partial charge is 0.338 e. The molecule has 0 aromatic heterocycles. The minimum Gasteiger partial charge on any atom is -0.457 e. The molecule has 7 nitrogen and oxygen atoms in total. The number of nitrogens with zero attached hydrogens (tertiary/aromatic N) is 2. The molecule has 3 rings (SSSR count). The lowest BCUT2D eigenvalue weighted by molar-refractivity contribution is -0.384. The van der Waals surface area contributed by atoms with Gasteiger partial charge >= 0.3 is 5.97 Å². The number of nitro benzene ring substituents is 1. The summed E-state index contributed by atoms with van der Waals surface area (Å²) in [6.07, 6.45) is -0.388. The highest BCUT2D eigenvalue weighted by atomic mass is 16.6. The Bertz CT molecular complexity index is 1050. The molecular weight excluding hydrogens is 336 g/mol. The van der Waals surface area contributed by atoms with E-state index in [0.29, 0.717) is 6.42 Å². The third-order valence-electron chi connectivity index (χ3n) is 4.23. The monoisotopic (exact) mass is 359 g/mol. The number of non-ortho nitro benzene ring substituents is 1. The van der Waals surface area contributed by atoms with Gasteiger partial charge in [-0.2, -0.15) is 0 Å². The minimum atomic E-state index is -0.738. The van der Waals surface area contributed by atoms with Gasteiger partial charge in [-0.3, -0.25) is 14.9 Å². The van der Waals surface area contributed by atoms with Gasteiger partial charge in [0, 0.05) is 30.7 Å². The summed E-state index contributed by atoms with van der Waals surface area (Å²) in [5.74, 6) is -1.44. The van der Waals surface area contributed by atoms with Gasteiger partial charge in [-0.25, -0.2) is 4.79 Å². The van der Waals surface area contributed by atoms with Crippen LogP contribution in [0.4, 0.5) is 5.69 Å². The van der Waals surface area contributed by atoms with E-state index in [4.69, 9.17) is 11.6 Å². The molecule has 1 aliphatic heterocycles. The van der Waals surface area contributed by atoms with Gasteiger partial charge < -0.3 is 9.64 Å². The van der Waals surface area contributed by atoms with Gasteiger partial charge in [0.25, 0.3) is 11.6 Å². The normalized spacial score (nSPS) is 21.9. The molecule has 0 unspecified atom stereocenters. The summed E-state index contributed by atoms with van der Waals surface area (Å²) in [4.78, 5) is 36.8. The topological polar surface area (TPSA) is 89.8 Å². The van der Waals surface area contributed by atoms with E-state index in [2.05, 4.69) is 0 Å².